The normalized spacial score (nSPS) is 13.0. The van der Waals surface area contributed by atoms with Crippen molar-refractivity contribution in [3.63, 3.8) is 0 Å². The van der Waals surface area contributed by atoms with Gasteiger partial charge < -0.3 is 0 Å². The minimum atomic E-state index is -0.434. The summed E-state index contributed by atoms with van der Waals surface area (Å²) in [5.74, 6) is 3.83. The standard InChI is InChI=1S/2C58H35N3S/c1-2-15-36(16-3-1)55-59-56(61-57(60-55)41-20-13-18-39(34-41)42-25-14-30-53-54(42)47-24-7-11-29-52(47)62-53)40-19-12-17-37(33-40)38-31-32-46-45-23-6-10-28-50(45)58(51(46)35-38)48-26-8-4-21-43(48)44-22-5-9-27-49(44)58;1-2-16-36(17-3-1)55-59-56(39-19-14-18-37(34-39)41-26-15-27-47-46-24-9-13-31-53(46)62-54(41)47)61-57(60-55)48-25-5-4-20-40(48)38-32-33-45-44-23-8-12-30-51(44)58(52(45)35-38)49-28-10-6-21-42(49)43-22-7-11-29-50(43)58/h2*1-35H. The molecule has 4 aliphatic rings. The summed E-state index contributed by atoms with van der Waals surface area (Å²) in [4.78, 5) is 31.3. The number of benzene rings is 18. The summed E-state index contributed by atoms with van der Waals surface area (Å²) < 4.78 is 5.15. The molecule has 2 spiro atoms. The number of rotatable bonds is 10. The molecule has 0 saturated carbocycles. The summed E-state index contributed by atoms with van der Waals surface area (Å²) in [6.45, 7) is 0. The molecular formula is C116H70N6S2. The van der Waals surface area contributed by atoms with E-state index in [0.29, 0.717) is 34.9 Å². The summed E-state index contributed by atoms with van der Waals surface area (Å²) >= 11 is 3.68. The Morgan fingerprint density at radius 2 is 0.444 bits per heavy atom. The van der Waals surface area contributed by atoms with Crippen LogP contribution < -0.4 is 0 Å². The van der Waals surface area contributed by atoms with Crippen LogP contribution in [0.5, 0.6) is 0 Å². The average Bonchev–Trinajstić information content (AvgIpc) is 1.51. The first-order valence-electron chi connectivity index (χ1n) is 42.2. The molecule has 26 rings (SSSR count). The van der Waals surface area contributed by atoms with Gasteiger partial charge in [-0.25, -0.2) is 29.9 Å². The highest BCUT2D eigenvalue weighted by Gasteiger charge is 2.53. The monoisotopic (exact) mass is 1610 g/mol. The molecule has 0 bridgehead atoms. The van der Waals surface area contributed by atoms with Crippen LogP contribution in [0.2, 0.25) is 0 Å². The van der Waals surface area contributed by atoms with Crippen LogP contribution in [0, 0.1) is 0 Å². The topological polar surface area (TPSA) is 77.3 Å². The Morgan fingerprint density at radius 1 is 0.153 bits per heavy atom. The van der Waals surface area contributed by atoms with Crippen LogP contribution in [-0.4, -0.2) is 29.9 Å². The molecule has 576 valence electrons. The van der Waals surface area contributed by atoms with Crippen molar-refractivity contribution in [2.45, 2.75) is 10.8 Å². The average molecular weight is 1610 g/mol. The molecule has 0 fully saturated rings. The lowest BCUT2D eigenvalue weighted by atomic mass is 9.70. The van der Waals surface area contributed by atoms with Crippen molar-refractivity contribution in [1.29, 1.82) is 0 Å². The van der Waals surface area contributed by atoms with Crippen molar-refractivity contribution >= 4 is 63.0 Å². The highest BCUT2D eigenvalue weighted by Crippen LogP contribution is 2.65. The lowest BCUT2D eigenvalue weighted by Gasteiger charge is -2.30. The number of nitrogens with zero attached hydrogens (tertiary/aromatic N) is 6. The third kappa shape index (κ3) is 11.0. The SMILES string of the molecule is c1ccc(-c2nc(-c3cccc(-c4ccc5c(c4)C4(c6ccccc6-c6ccccc64)c4ccccc4-5)c3)nc(-c3cccc(-c4cccc5sc6ccccc6c45)c3)n2)cc1.c1ccc(-c2nc(-c3cccc(-c4cccc5c4sc4ccccc45)c3)nc(-c3ccccc3-c3ccc4c(c3)C3(c5ccccc5-c5ccccc53)c3ccccc3-4)n2)cc1. The molecule has 0 atom stereocenters. The van der Waals surface area contributed by atoms with E-state index in [-0.39, 0.29) is 0 Å². The lowest BCUT2D eigenvalue weighted by Crippen LogP contribution is -2.25. The first-order valence-corrected chi connectivity index (χ1v) is 43.8. The molecule has 0 saturated heterocycles. The highest BCUT2D eigenvalue weighted by atomic mass is 32.1. The lowest BCUT2D eigenvalue weighted by molar-refractivity contribution is 0.794. The van der Waals surface area contributed by atoms with Crippen LogP contribution in [-0.2, 0) is 10.8 Å². The summed E-state index contributed by atoms with van der Waals surface area (Å²) in [5.41, 5.74) is 34.9. The Balaban J connectivity index is 0.000000136. The van der Waals surface area contributed by atoms with E-state index in [1.165, 1.54) is 140 Å². The van der Waals surface area contributed by atoms with E-state index in [9.17, 15) is 0 Å². The molecule has 0 radical (unpaired) electrons. The van der Waals surface area contributed by atoms with Crippen LogP contribution in [0.1, 0.15) is 44.5 Å². The van der Waals surface area contributed by atoms with Gasteiger partial charge in [0, 0.05) is 73.7 Å². The summed E-state index contributed by atoms with van der Waals surface area (Å²) in [6.07, 6.45) is 0. The molecule has 0 amide bonds. The number of hydrogen-bond donors (Lipinski definition) is 0. The fourth-order valence-corrected chi connectivity index (χ4v) is 23.0. The molecule has 22 aromatic rings. The van der Waals surface area contributed by atoms with Gasteiger partial charge in [0.2, 0.25) is 0 Å². The molecular weight excluding hydrogens is 1540 g/mol. The fourth-order valence-electron chi connectivity index (χ4n) is 20.6. The third-order valence-electron chi connectivity index (χ3n) is 25.9. The molecule has 0 aliphatic heterocycles. The molecule has 4 aliphatic carbocycles. The minimum Gasteiger partial charge on any atom is -0.208 e. The van der Waals surface area contributed by atoms with Crippen molar-refractivity contribution in [3.05, 3.63) is 469 Å². The maximum atomic E-state index is 5.33. The van der Waals surface area contributed by atoms with Crippen molar-refractivity contribution in [1.82, 2.24) is 29.9 Å². The van der Waals surface area contributed by atoms with Gasteiger partial charge in [0.1, 0.15) is 0 Å². The van der Waals surface area contributed by atoms with Gasteiger partial charge in [0.25, 0.3) is 0 Å². The zero-order valence-corrected chi connectivity index (χ0v) is 68.5. The van der Waals surface area contributed by atoms with Gasteiger partial charge in [0.05, 0.1) is 10.8 Å². The molecule has 4 heterocycles. The largest absolute Gasteiger partial charge is 0.208 e. The number of aromatic nitrogens is 6. The van der Waals surface area contributed by atoms with Gasteiger partial charge in [-0.15, -0.1) is 22.7 Å². The van der Waals surface area contributed by atoms with E-state index in [0.717, 1.165) is 66.8 Å². The van der Waals surface area contributed by atoms with Crippen LogP contribution in [0.15, 0.2) is 425 Å². The predicted molar refractivity (Wildman–Crippen MR) is 512 cm³/mol. The van der Waals surface area contributed by atoms with Crippen molar-refractivity contribution in [3.8, 4) is 157 Å². The minimum absolute atomic E-state index is 0.406. The Bertz CT molecular complexity index is 8030. The van der Waals surface area contributed by atoms with Gasteiger partial charge in [-0.3, -0.25) is 0 Å². The Kier molecular flexibility index (Phi) is 16.4. The Hall–Kier alpha value is -15.6. The second-order valence-corrected chi connectivity index (χ2v) is 34.6. The van der Waals surface area contributed by atoms with Gasteiger partial charge >= 0.3 is 0 Å². The molecule has 8 heteroatoms. The van der Waals surface area contributed by atoms with Gasteiger partial charge in [-0.05, 0) is 182 Å². The molecule has 6 nitrogen and oxygen atoms in total. The number of hydrogen-bond acceptors (Lipinski definition) is 8. The van der Waals surface area contributed by atoms with E-state index in [1.54, 1.807) is 0 Å². The van der Waals surface area contributed by atoms with Crippen LogP contribution in [0.25, 0.3) is 198 Å². The van der Waals surface area contributed by atoms with Gasteiger partial charge in [-0.2, -0.15) is 0 Å². The fraction of sp³-hybridized carbons (Fsp3) is 0.0172. The molecule has 0 unspecified atom stereocenters. The first kappa shape index (κ1) is 71.3. The van der Waals surface area contributed by atoms with Crippen molar-refractivity contribution < 1.29 is 0 Å². The van der Waals surface area contributed by atoms with E-state index < -0.39 is 10.8 Å². The summed E-state index contributed by atoms with van der Waals surface area (Å²) in [6, 6.07) is 153. The Labute approximate surface area is 724 Å². The van der Waals surface area contributed by atoms with E-state index in [2.05, 4.69) is 388 Å². The van der Waals surface area contributed by atoms with Gasteiger partial charge in [-0.1, -0.05) is 376 Å². The van der Waals surface area contributed by atoms with Crippen molar-refractivity contribution in [2.24, 2.45) is 0 Å². The van der Waals surface area contributed by atoms with Crippen LogP contribution in [0.3, 0.4) is 0 Å². The highest BCUT2D eigenvalue weighted by molar-refractivity contribution is 7.26. The maximum absolute atomic E-state index is 5.33. The van der Waals surface area contributed by atoms with Gasteiger partial charge in [0.15, 0.2) is 34.9 Å². The predicted octanol–water partition coefficient (Wildman–Crippen LogP) is 29.8. The van der Waals surface area contributed by atoms with Crippen LogP contribution >= 0.6 is 22.7 Å². The number of fused-ring (bicyclic) bond motifs is 26. The maximum Gasteiger partial charge on any atom is 0.164 e. The first-order chi connectivity index (χ1) is 61.5. The zero-order valence-electron chi connectivity index (χ0n) is 66.9. The zero-order chi connectivity index (χ0) is 81.6. The smallest absolute Gasteiger partial charge is 0.164 e. The molecule has 124 heavy (non-hydrogen) atoms. The summed E-state index contributed by atoms with van der Waals surface area (Å²) in [5, 5.41) is 5.13. The second-order valence-electron chi connectivity index (χ2n) is 32.5. The Morgan fingerprint density at radius 3 is 0.944 bits per heavy atom. The van der Waals surface area contributed by atoms with Crippen LogP contribution in [0.4, 0.5) is 0 Å². The van der Waals surface area contributed by atoms with E-state index in [4.69, 9.17) is 29.9 Å². The molecule has 0 N–H and O–H groups in total. The quantitative estimate of drug-likeness (QED) is 0.136. The van der Waals surface area contributed by atoms with Crippen molar-refractivity contribution in [2.75, 3.05) is 0 Å². The summed E-state index contributed by atoms with van der Waals surface area (Å²) in [7, 11) is 0. The molecule has 18 aromatic carbocycles. The van der Waals surface area contributed by atoms with E-state index in [1.807, 2.05) is 59.1 Å². The second kappa shape index (κ2) is 28.6. The van der Waals surface area contributed by atoms with E-state index >= 15 is 0 Å². The number of thiophene rings is 2. The molecule has 4 aromatic heterocycles. The third-order valence-corrected chi connectivity index (χ3v) is 28.3.